The lowest BCUT2D eigenvalue weighted by Gasteiger charge is -2.29. The van der Waals surface area contributed by atoms with Crippen molar-refractivity contribution in [1.82, 2.24) is 0 Å². The monoisotopic (exact) mass is 173 g/mol. The highest BCUT2D eigenvalue weighted by atomic mass is 35.5. The molecule has 0 spiro atoms. The van der Waals surface area contributed by atoms with Gasteiger partial charge in [0.2, 0.25) is 0 Å². The SMILES string of the molecule is N#CC1(CCCl)CCCOC1. The average molecular weight is 174 g/mol. The van der Waals surface area contributed by atoms with Crippen LogP contribution in [0.15, 0.2) is 0 Å². The van der Waals surface area contributed by atoms with Crippen LogP contribution in [0.1, 0.15) is 19.3 Å². The molecule has 0 aromatic rings. The van der Waals surface area contributed by atoms with E-state index in [0.717, 1.165) is 25.9 Å². The van der Waals surface area contributed by atoms with E-state index < -0.39 is 0 Å². The largest absolute Gasteiger partial charge is 0.380 e. The molecule has 0 aliphatic carbocycles. The highest BCUT2D eigenvalue weighted by molar-refractivity contribution is 6.17. The minimum Gasteiger partial charge on any atom is -0.380 e. The van der Waals surface area contributed by atoms with Gasteiger partial charge in [0.05, 0.1) is 18.1 Å². The fourth-order valence-electron chi connectivity index (χ4n) is 1.37. The number of halogens is 1. The standard InChI is InChI=1S/C8H12ClNO/c9-4-3-8(6-10)2-1-5-11-7-8/h1-5,7H2. The van der Waals surface area contributed by atoms with Crippen molar-refractivity contribution in [3.63, 3.8) is 0 Å². The topological polar surface area (TPSA) is 33.0 Å². The number of nitriles is 1. The minimum atomic E-state index is -0.278. The average Bonchev–Trinajstić information content (AvgIpc) is 2.07. The second kappa shape index (κ2) is 3.94. The van der Waals surface area contributed by atoms with Crippen molar-refractivity contribution in [3.05, 3.63) is 0 Å². The molecule has 0 saturated carbocycles. The zero-order valence-electron chi connectivity index (χ0n) is 6.48. The van der Waals surface area contributed by atoms with Gasteiger partial charge in [0.15, 0.2) is 0 Å². The van der Waals surface area contributed by atoms with Gasteiger partial charge in [0.25, 0.3) is 0 Å². The van der Waals surface area contributed by atoms with E-state index in [1.54, 1.807) is 0 Å². The number of alkyl halides is 1. The van der Waals surface area contributed by atoms with Crippen molar-refractivity contribution < 1.29 is 4.74 Å². The van der Waals surface area contributed by atoms with E-state index in [-0.39, 0.29) is 5.41 Å². The third-order valence-corrected chi connectivity index (χ3v) is 2.32. The second-order valence-corrected chi connectivity index (χ2v) is 3.37. The Labute approximate surface area is 72.1 Å². The number of hydrogen-bond donors (Lipinski definition) is 0. The first-order valence-corrected chi connectivity index (χ1v) is 4.41. The van der Waals surface area contributed by atoms with E-state index in [1.165, 1.54) is 0 Å². The van der Waals surface area contributed by atoms with E-state index in [4.69, 9.17) is 21.6 Å². The highest BCUT2D eigenvalue weighted by Gasteiger charge is 2.31. The molecule has 0 radical (unpaired) electrons. The van der Waals surface area contributed by atoms with Crippen molar-refractivity contribution in [2.24, 2.45) is 5.41 Å². The third-order valence-electron chi connectivity index (χ3n) is 2.13. The van der Waals surface area contributed by atoms with E-state index in [2.05, 4.69) is 6.07 Å². The van der Waals surface area contributed by atoms with Crippen LogP contribution in [0.4, 0.5) is 0 Å². The first kappa shape index (κ1) is 8.83. The van der Waals surface area contributed by atoms with Gasteiger partial charge in [-0.05, 0) is 19.3 Å². The number of rotatable bonds is 2. The third kappa shape index (κ3) is 2.08. The van der Waals surface area contributed by atoms with Crippen LogP contribution in [-0.4, -0.2) is 19.1 Å². The van der Waals surface area contributed by atoms with Gasteiger partial charge in [-0.1, -0.05) is 0 Å². The van der Waals surface area contributed by atoms with Crippen molar-refractivity contribution in [2.75, 3.05) is 19.1 Å². The van der Waals surface area contributed by atoms with E-state index >= 15 is 0 Å². The van der Waals surface area contributed by atoms with Gasteiger partial charge in [0, 0.05) is 12.5 Å². The molecular weight excluding hydrogens is 162 g/mol. The summed E-state index contributed by atoms with van der Waals surface area (Å²) in [7, 11) is 0. The Hall–Kier alpha value is -0.260. The smallest absolute Gasteiger partial charge is 0.0819 e. The first-order valence-electron chi connectivity index (χ1n) is 3.88. The molecule has 0 N–H and O–H groups in total. The van der Waals surface area contributed by atoms with Crippen LogP contribution in [0.2, 0.25) is 0 Å². The van der Waals surface area contributed by atoms with E-state index in [1.807, 2.05) is 0 Å². The Kier molecular flexibility index (Phi) is 3.16. The normalized spacial score (nSPS) is 31.3. The van der Waals surface area contributed by atoms with Gasteiger partial charge in [-0.2, -0.15) is 5.26 Å². The molecule has 0 amide bonds. The molecule has 11 heavy (non-hydrogen) atoms. The summed E-state index contributed by atoms with van der Waals surface area (Å²) < 4.78 is 5.25. The van der Waals surface area contributed by atoms with Gasteiger partial charge in [-0.15, -0.1) is 11.6 Å². The Morgan fingerprint density at radius 3 is 2.91 bits per heavy atom. The van der Waals surface area contributed by atoms with Crippen molar-refractivity contribution in [2.45, 2.75) is 19.3 Å². The fraction of sp³-hybridized carbons (Fsp3) is 0.875. The zero-order valence-corrected chi connectivity index (χ0v) is 7.23. The lowest BCUT2D eigenvalue weighted by Crippen LogP contribution is -2.30. The summed E-state index contributed by atoms with van der Waals surface area (Å²) in [5, 5.41) is 8.88. The Bertz CT molecular complexity index is 152. The van der Waals surface area contributed by atoms with Crippen molar-refractivity contribution >= 4 is 11.6 Å². The van der Waals surface area contributed by atoms with Crippen LogP contribution in [0, 0.1) is 16.7 Å². The molecule has 3 heteroatoms. The number of nitrogens with zero attached hydrogens (tertiary/aromatic N) is 1. The predicted octanol–water partition coefficient (Wildman–Crippen LogP) is 1.94. The predicted molar refractivity (Wildman–Crippen MR) is 43.4 cm³/mol. The molecule has 1 atom stereocenters. The van der Waals surface area contributed by atoms with Crippen molar-refractivity contribution in [1.29, 1.82) is 5.26 Å². The van der Waals surface area contributed by atoms with E-state index in [0.29, 0.717) is 12.5 Å². The molecule has 1 aliphatic heterocycles. The molecular formula is C8H12ClNO. The van der Waals surface area contributed by atoms with Gasteiger partial charge in [0.1, 0.15) is 0 Å². The maximum Gasteiger partial charge on any atom is 0.0819 e. The van der Waals surface area contributed by atoms with Gasteiger partial charge < -0.3 is 4.74 Å². The summed E-state index contributed by atoms with van der Waals surface area (Å²) in [5.74, 6) is 0.553. The first-order chi connectivity index (χ1) is 5.33. The van der Waals surface area contributed by atoms with Crippen LogP contribution in [0.3, 0.4) is 0 Å². The zero-order chi connectivity index (χ0) is 8.16. The fourth-order valence-corrected chi connectivity index (χ4v) is 1.74. The molecule has 62 valence electrons. The molecule has 1 rings (SSSR count). The molecule has 1 saturated heterocycles. The quantitative estimate of drug-likeness (QED) is 0.598. The van der Waals surface area contributed by atoms with Gasteiger partial charge >= 0.3 is 0 Å². The molecule has 1 heterocycles. The minimum absolute atomic E-state index is 0.278. The summed E-state index contributed by atoms with van der Waals surface area (Å²) in [6.45, 7) is 1.36. The summed E-state index contributed by atoms with van der Waals surface area (Å²) in [4.78, 5) is 0. The number of hydrogen-bond acceptors (Lipinski definition) is 2. The van der Waals surface area contributed by atoms with Crippen LogP contribution >= 0.6 is 11.6 Å². The molecule has 2 nitrogen and oxygen atoms in total. The molecule has 1 aliphatic rings. The van der Waals surface area contributed by atoms with Crippen molar-refractivity contribution in [3.8, 4) is 6.07 Å². The maximum atomic E-state index is 8.88. The van der Waals surface area contributed by atoms with Gasteiger partial charge in [-0.3, -0.25) is 0 Å². The highest BCUT2D eigenvalue weighted by Crippen LogP contribution is 2.31. The van der Waals surface area contributed by atoms with Gasteiger partial charge in [-0.25, -0.2) is 0 Å². The second-order valence-electron chi connectivity index (χ2n) is 2.99. The molecule has 1 unspecified atom stereocenters. The summed E-state index contributed by atoms with van der Waals surface area (Å²) in [6, 6.07) is 2.31. The molecule has 0 bridgehead atoms. The Morgan fingerprint density at radius 1 is 1.64 bits per heavy atom. The Morgan fingerprint density at radius 2 is 2.45 bits per heavy atom. The van der Waals surface area contributed by atoms with Crippen LogP contribution < -0.4 is 0 Å². The van der Waals surface area contributed by atoms with Crippen LogP contribution in [0.25, 0.3) is 0 Å². The van der Waals surface area contributed by atoms with Crippen LogP contribution in [-0.2, 0) is 4.74 Å². The summed E-state index contributed by atoms with van der Waals surface area (Å²) in [5.41, 5.74) is -0.278. The van der Waals surface area contributed by atoms with Crippen LogP contribution in [0.5, 0.6) is 0 Å². The Balaban J connectivity index is 2.51. The lowest BCUT2D eigenvalue weighted by molar-refractivity contribution is 0.0208. The maximum absolute atomic E-state index is 8.88. The number of ether oxygens (including phenoxy) is 1. The summed E-state index contributed by atoms with van der Waals surface area (Å²) in [6.07, 6.45) is 2.69. The lowest BCUT2D eigenvalue weighted by atomic mass is 9.82. The molecule has 0 aromatic carbocycles. The molecule has 1 fully saturated rings. The summed E-state index contributed by atoms with van der Waals surface area (Å²) >= 11 is 5.60. The molecule has 0 aromatic heterocycles. The van der Waals surface area contributed by atoms with E-state index in [9.17, 15) is 0 Å².